The molecule has 2 aromatic rings. The largest absolute Gasteiger partial charge is 0.391 e. The van der Waals surface area contributed by atoms with E-state index >= 15 is 0 Å². The van der Waals surface area contributed by atoms with E-state index < -0.39 is 6.10 Å². The summed E-state index contributed by atoms with van der Waals surface area (Å²) in [5.41, 5.74) is 2.31. The molecule has 2 atom stereocenters. The van der Waals surface area contributed by atoms with Crippen molar-refractivity contribution in [1.29, 1.82) is 0 Å². The number of benzene rings is 1. The Bertz CT molecular complexity index is 639. The molecule has 136 valence electrons. The Morgan fingerprint density at radius 3 is 2.60 bits per heavy atom. The molecule has 5 nitrogen and oxygen atoms in total. The van der Waals surface area contributed by atoms with Gasteiger partial charge in [0.1, 0.15) is 6.04 Å². The monoisotopic (exact) mass is 343 g/mol. The molecule has 0 spiro atoms. The molecule has 5 heteroatoms. The smallest absolute Gasteiger partial charge is 0.246 e. The Morgan fingerprint density at radius 2 is 1.88 bits per heavy atom. The summed E-state index contributed by atoms with van der Waals surface area (Å²) < 4.78 is 5.33. The third kappa shape index (κ3) is 4.89. The fourth-order valence-electron chi connectivity index (χ4n) is 3.35. The van der Waals surface area contributed by atoms with E-state index in [0.717, 1.165) is 24.9 Å². The van der Waals surface area contributed by atoms with Crippen molar-refractivity contribution in [2.24, 2.45) is 0 Å². The number of aliphatic hydroxyl groups is 1. The summed E-state index contributed by atoms with van der Waals surface area (Å²) in [5.74, 6) is 1.05. The number of hydrogen-bond acceptors (Lipinski definition) is 5. The van der Waals surface area contributed by atoms with Crippen LogP contribution in [0.4, 0.5) is 0 Å². The first-order valence-electron chi connectivity index (χ1n) is 9.62. The second-order valence-corrected chi connectivity index (χ2v) is 6.96. The molecule has 3 rings (SSSR count). The Kier molecular flexibility index (Phi) is 6.59. The maximum atomic E-state index is 9.92. The van der Waals surface area contributed by atoms with E-state index in [0.29, 0.717) is 11.7 Å². The van der Waals surface area contributed by atoms with E-state index in [9.17, 15) is 5.11 Å². The average molecular weight is 343 g/mol. The van der Waals surface area contributed by atoms with Crippen LogP contribution < -0.4 is 5.32 Å². The highest BCUT2D eigenvalue weighted by Gasteiger charge is 2.31. The molecule has 0 bridgehead atoms. The minimum atomic E-state index is -0.451. The van der Waals surface area contributed by atoms with Gasteiger partial charge in [-0.05, 0) is 31.4 Å². The van der Waals surface area contributed by atoms with Crippen LogP contribution in [0.2, 0.25) is 0 Å². The highest BCUT2D eigenvalue weighted by atomic mass is 16.5. The van der Waals surface area contributed by atoms with E-state index in [1.54, 1.807) is 0 Å². The highest BCUT2D eigenvalue weighted by Crippen LogP contribution is 2.25. The zero-order chi connectivity index (χ0) is 17.5. The summed E-state index contributed by atoms with van der Waals surface area (Å²) in [6, 6.07) is 8.17. The number of unbranched alkanes of at least 4 members (excludes halogenated alkanes) is 5. The zero-order valence-corrected chi connectivity index (χ0v) is 15.1. The van der Waals surface area contributed by atoms with Gasteiger partial charge in [-0.3, -0.25) is 0 Å². The van der Waals surface area contributed by atoms with Gasteiger partial charge in [-0.1, -0.05) is 68.4 Å². The SMILES string of the molecule is CCCCCCCCc1ccc(-c2noc([C@H]3NCC[C@@H]3O)n2)cc1. The molecule has 1 aromatic heterocycles. The van der Waals surface area contributed by atoms with Crippen LogP contribution in [-0.2, 0) is 6.42 Å². The van der Waals surface area contributed by atoms with Gasteiger partial charge in [-0.15, -0.1) is 0 Å². The molecule has 0 saturated carbocycles. The number of nitrogens with one attached hydrogen (secondary N) is 1. The van der Waals surface area contributed by atoms with Gasteiger partial charge in [0, 0.05) is 5.56 Å². The van der Waals surface area contributed by atoms with Gasteiger partial charge in [0.25, 0.3) is 0 Å². The number of nitrogens with zero attached hydrogens (tertiary/aromatic N) is 2. The van der Waals surface area contributed by atoms with E-state index in [2.05, 4.69) is 46.6 Å². The molecule has 0 amide bonds. The summed E-state index contributed by atoms with van der Waals surface area (Å²) in [6.07, 6.45) is 9.32. The van der Waals surface area contributed by atoms with E-state index in [4.69, 9.17) is 4.52 Å². The van der Waals surface area contributed by atoms with Crippen LogP contribution >= 0.6 is 0 Å². The molecule has 2 heterocycles. The molecule has 25 heavy (non-hydrogen) atoms. The predicted octanol–water partition coefficient (Wildman–Crippen LogP) is 4.03. The quantitative estimate of drug-likeness (QED) is 0.673. The maximum Gasteiger partial charge on any atom is 0.246 e. The summed E-state index contributed by atoms with van der Waals surface area (Å²) in [5, 5.41) is 17.2. The summed E-state index contributed by atoms with van der Waals surface area (Å²) >= 11 is 0. The normalized spacial score (nSPS) is 20.2. The summed E-state index contributed by atoms with van der Waals surface area (Å²) in [7, 11) is 0. The first kappa shape index (κ1) is 18.1. The lowest BCUT2D eigenvalue weighted by molar-refractivity contribution is 0.142. The van der Waals surface area contributed by atoms with Crippen molar-refractivity contribution in [1.82, 2.24) is 15.5 Å². The van der Waals surface area contributed by atoms with Crippen LogP contribution in [0.1, 0.15) is 69.4 Å². The molecule has 1 aromatic carbocycles. The Labute approximate surface area is 149 Å². The average Bonchev–Trinajstić information content (AvgIpc) is 3.27. The van der Waals surface area contributed by atoms with Crippen LogP contribution in [0.25, 0.3) is 11.4 Å². The number of aromatic nitrogens is 2. The molecule has 0 unspecified atom stereocenters. The van der Waals surface area contributed by atoms with Gasteiger partial charge < -0.3 is 14.9 Å². The minimum absolute atomic E-state index is 0.242. The van der Waals surface area contributed by atoms with Crippen molar-refractivity contribution in [3.63, 3.8) is 0 Å². The van der Waals surface area contributed by atoms with Gasteiger partial charge >= 0.3 is 0 Å². The molecule has 0 radical (unpaired) electrons. The Morgan fingerprint density at radius 1 is 1.12 bits per heavy atom. The summed E-state index contributed by atoms with van der Waals surface area (Å²) in [4.78, 5) is 4.45. The Balaban J connectivity index is 1.51. The zero-order valence-electron chi connectivity index (χ0n) is 15.1. The number of rotatable bonds is 9. The molecule has 0 aliphatic carbocycles. The van der Waals surface area contributed by atoms with Crippen LogP contribution in [-0.4, -0.2) is 27.9 Å². The van der Waals surface area contributed by atoms with Crippen LogP contribution in [0.15, 0.2) is 28.8 Å². The Hall–Kier alpha value is -1.72. The topological polar surface area (TPSA) is 71.2 Å². The van der Waals surface area contributed by atoms with Crippen molar-refractivity contribution in [2.75, 3.05) is 6.54 Å². The number of aryl methyl sites for hydroxylation is 1. The molecule has 2 N–H and O–H groups in total. The standard InChI is InChI=1S/C20H29N3O2/c1-2-3-4-5-6-7-8-15-9-11-16(12-10-15)19-22-20(25-23-19)18-17(24)13-14-21-18/h9-12,17-18,21,24H,2-8,13-14H2,1H3/t17-,18-/m0/s1. The van der Waals surface area contributed by atoms with E-state index in [1.165, 1.54) is 44.1 Å². The van der Waals surface area contributed by atoms with E-state index in [-0.39, 0.29) is 6.04 Å². The van der Waals surface area contributed by atoms with Gasteiger partial charge in [-0.2, -0.15) is 4.98 Å². The first-order chi connectivity index (χ1) is 12.3. The molecular formula is C20H29N3O2. The second-order valence-electron chi connectivity index (χ2n) is 6.96. The number of aliphatic hydroxyl groups excluding tert-OH is 1. The lowest BCUT2D eigenvalue weighted by Gasteiger charge is -2.08. The lowest BCUT2D eigenvalue weighted by atomic mass is 10.0. The fourth-order valence-corrected chi connectivity index (χ4v) is 3.35. The molecule has 1 fully saturated rings. The molecule has 1 saturated heterocycles. The maximum absolute atomic E-state index is 9.92. The molecule has 1 aliphatic rings. The third-order valence-electron chi connectivity index (χ3n) is 4.93. The minimum Gasteiger partial charge on any atom is -0.391 e. The second kappa shape index (κ2) is 9.11. The fraction of sp³-hybridized carbons (Fsp3) is 0.600. The van der Waals surface area contributed by atoms with Crippen molar-refractivity contribution in [2.45, 2.75) is 70.4 Å². The first-order valence-corrected chi connectivity index (χ1v) is 9.62. The lowest BCUT2D eigenvalue weighted by Crippen LogP contribution is -2.21. The summed E-state index contributed by atoms with van der Waals surface area (Å²) in [6.45, 7) is 3.03. The number of hydrogen-bond donors (Lipinski definition) is 2. The molecular weight excluding hydrogens is 314 g/mol. The van der Waals surface area contributed by atoms with Gasteiger partial charge in [0.2, 0.25) is 11.7 Å². The highest BCUT2D eigenvalue weighted by molar-refractivity contribution is 5.54. The van der Waals surface area contributed by atoms with Crippen molar-refractivity contribution in [3.05, 3.63) is 35.7 Å². The van der Waals surface area contributed by atoms with Crippen LogP contribution in [0.3, 0.4) is 0 Å². The van der Waals surface area contributed by atoms with Crippen LogP contribution in [0, 0.1) is 0 Å². The van der Waals surface area contributed by atoms with Gasteiger partial charge in [0.15, 0.2) is 0 Å². The van der Waals surface area contributed by atoms with Gasteiger partial charge in [0.05, 0.1) is 6.10 Å². The van der Waals surface area contributed by atoms with Crippen molar-refractivity contribution >= 4 is 0 Å². The van der Waals surface area contributed by atoms with Crippen molar-refractivity contribution < 1.29 is 9.63 Å². The molecule has 1 aliphatic heterocycles. The van der Waals surface area contributed by atoms with Gasteiger partial charge in [-0.25, -0.2) is 0 Å². The van der Waals surface area contributed by atoms with Crippen LogP contribution in [0.5, 0.6) is 0 Å². The van der Waals surface area contributed by atoms with Crippen molar-refractivity contribution in [3.8, 4) is 11.4 Å². The predicted molar refractivity (Wildman–Crippen MR) is 98.2 cm³/mol. The van der Waals surface area contributed by atoms with E-state index in [1.807, 2.05) is 0 Å². The third-order valence-corrected chi connectivity index (χ3v) is 4.93.